The summed E-state index contributed by atoms with van der Waals surface area (Å²) in [7, 11) is 0. The summed E-state index contributed by atoms with van der Waals surface area (Å²) in [6.07, 6.45) is 0. The SMILES string of the molecule is O=C(Cl)N1C(c2ccccc2)=NC(c2ccc(Cl)cc2)C1c1ccc(Cl)cc1. The van der Waals surface area contributed by atoms with Crippen LogP contribution in [0.4, 0.5) is 4.79 Å². The lowest BCUT2D eigenvalue weighted by Crippen LogP contribution is -2.34. The third-order valence-corrected chi connectivity index (χ3v) is 5.40. The molecule has 0 saturated carbocycles. The van der Waals surface area contributed by atoms with Gasteiger partial charge in [0.1, 0.15) is 11.9 Å². The Morgan fingerprint density at radius 1 is 0.786 bits per heavy atom. The molecule has 0 fully saturated rings. The number of carbonyl (C=O) groups is 1. The lowest BCUT2D eigenvalue weighted by atomic mass is 9.94. The summed E-state index contributed by atoms with van der Waals surface area (Å²) in [5.74, 6) is 0.542. The molecule has 1 aliphatic heterocycles. The molecule has 1 aliphatic rings. The molecule has 0 aliphatic carbocycles. The highest BCUT2D eigenvalue weighted by Crippen LogP contribution is 2.44. The van der Waals surface area contributed by atoms with Crippen molar-refractivity contribution in [2.24, 2.45) is 4.99 Å². The standard InChI is InChI=1S/C22H15Cl3N2O/c23-17-10-6-14(7-11-17)19-20(15-8-12-18(24)13-9-15)27(22(25)28)21(26-19)16-4-2-1-3-5-16/h1-13,19-20H. The number of rotatable bonds is 3. The van der Waals surface area contributed by atoms with Gasteiger partial charge >= 0.3 is 5.37 Å². The Morgan fingerprint density at radius 3 is 1.86 bits per heavy atom. The molecule has 0 aromatic heterocycles. The molecule has 3 aromatic rings. The number of hydrogen-bond acceptors (Lipinski definition) is 2. The fourth-order valence-electron chi connectivity index (χ4n) is 3.44. The minimum atomic E-state index is -0.584. The van der Waals surface area contributed by atoms with Crippen LogP contribution >= 0.6 is 34.8 Å². The van der Waals surface area contributed by atoms with Gasteiger partial charge < -0.3 is 0 Å². The van der Waals surface area contributed by atoms with E-state index in [0.29, 0.717) is 15.9 Å². The van der Waals surface area contributed by atoms with Crippen LogP contribution in [0.5, 0.6) is 0 Å². The van der Waals surface area contributed by atoms with E-state index in [9.17, 15) is 4.79 Å². The average Bonchev–Trinajstić information content (AvgIpc) is 3.11. The zero-order chi connectivity index (χ0) is 19.7. The van der Waals surface area contributed by atoms with Crippen LogP contribution in [0.25, 0.3) is 0 Å². The van der Waals surface area contributed by atoms with E-state index in [0.717, 1.165) is 16.7 Å². The second-order valence-corrected chi connectivity index (χ2v) is 7.63. The summed E-state index contributed by atoms with van der Waals surface area (Å²) in [6.45, 7) is 0. The van der Waals surface area contributed by atoms with Crippen molar-refractivity contribution in [2.75, 3.05) is 0 Å². The van der Waals surface area contributed by atoms with E-state index in [1.54, 1.807) is 17.0 Å². The largest absolute Gasteiger partial charge is 0.322 e. The Bertz CT molecular complexity index is 1020. The predicted octanol–water partition coefficient (Wildman–Crippen LogP) is 6.90. The smallest absolute Gasteiger partial charge is 0.273 e. The molecule has 1 heterocycles. The van der Waals surface area contributed by atoms with Gasteiger partial charge in [0.25, 0.3) is 0 Å². The van der Waals surface area contributed by atoms with Crippen LogP contribution in [-0.4, -0.2) is 16.1 Å². The Labute approximate surface area is 178 Å². The second-order valence-electron chi connectivity index (χ2n) is 6.43. The van der Waals surface area contributed by atoms with Crippen LogP contribution in [0.1, 0.15) is 28.8 Å². The average molecular weight is 430 g/mol. The zero-order valence-corrected chi connectivity index (χ0v) is 16.9. The highest BCUT2D eigenvalue weighted by Gasteiger charge is 2.41. The van der Waals surface area contributed by atoms with Crippen LogP contribution in [0.3, 0.4) is 0 Å². The third-order valence-electron chi connectivity index (χ3n) is 4.71. The predicted molar refractivity (Wildman–Crippen MR) is 114 cm³/mol. The number of aliphatic imine (C=N–C) groups is 1. The molecule has 0 radical (unpaired) electrons. The lowest BCUT2D eigenvalue weighted by Gasteiger charge is -2.27. The van der Waals surface area contributed by atoms with Crippen molar-refractivity contribution in [3.05, 3.63) is 106 Å². The summed E-state index contributed by atoms with van der Waals surface area (Å²) >= 11 is 18.2. The molecular weight excluding hydrogens is 415 g/mol. The zero-order valence-electron chi connectivity index (χ0n) is 14.6. The monoisotopic (exact) mass is 428 g/mol. The van der Waals surface area contributed by atoms with E-state index in [1.807, 2.05) is 66.7 Å². The van der Waals surface area contributed by atoms with Crippen molar-refractivity contribution in [3.8, 4) is 0 Å². The van der Waals surface area contributed by atoms with E-state index in [-0.39, 0.29) is 6.04 Å². The molecule has 3 aromatic carbocycles. The van der Waals surface area contributed by atoms with E-state index in [1.165, 1.54) is 0 Å². The van der Waals surface area contributed by atoms with Gasteiger partial charge in [0, 0.05) is 15.6 Å². The Hall–Kier alpha value is -2.33. The molecule has 140 valence electrons. The van der Waals surface area contributed by atoms with Crippen molar-refractivity contribution in [1.29, 1.82) is 0 Å². The maximum Gasteiger partial charge on any atom is 0.322 e. The second kappa shape index (κ2) is 7.96. The molecule has 0 bridgehead atoms. The van der Waals surface area contributed by atoms with Crippen molar-refractivity contribution in [1.82, 2.24) is 4.90 Å². The van der Waals surface area contributed by atoms with Crippen LogP contribution in [0, 0.1) is 0 Å². The van der Waals surface area contributed by atoms with E-state index in [2.05, 4.69) is 0 Å². The van der Waals surface area contributed by atoms with Crippen LogP contribution in [-0.2, 0) is 0 Å². The van der Waals surface area contributed by atoms with Gasteiger partial charge in [0.15, 0.2) is 0 Å². The van der Waals surface area contributed by atoms with Gasteiger partial charge in [-0.2, -0.15) is 0 Å². The Balaban J connectivity index is 1.88. The third kappa shape index (κ3) is 3.66. The molecule has 0 saturated heterocycles. The van der Waals surface area contributed by atoms with Gasteiger partial charge in [0.05, 0.1) is 6.04 Å². The van der Waals surface area contributed by atoms with Crippen LogP contribution < -0.4 is 0 Å². The first-order valence-electron chi connectivity index (χ1n) is 8.67. The Kier molecular flexibility index (Phi) is 5.40. The topological polar surface area (TPSA) is 32.7 Å². The first kappa shape index (κ1) is 19.0. The molecule has 0 spiro atoms. The number of amidine groups is 1. The molecule has 4 rings (SSSR count). The minimum Gasteiger partial charge on any atom is -0.273 e. The van der Waals surface area contributed by atoms with Gasteiger partial charge in [-0.25, -0.2) is 0 Å². The molecule has 2 unspecified atom stereocenters. The number of amides is 1. The van der Waals surface area contributed by atoms with Gasteiger partial charge in [-0.05, 0) is 47.0 Å². The van der Waals surface area contributed by atoms with Crippen molar-refractivity contribution in [3.63, 3.8) is 0 Å². The first-order valence-corrected chi connectivity index (χ1v) is 9.81. The molecule has 6 heteroatoms. The van der Waals surface area contributed by atoms with E-state index in [4.69, 9.17) is 39.8 Å². The van der Waals surface area contributed by atoms with E-state index < -0.39 is 11.4 Å². The molecular formula is C22H15Cl3N2O. The normalized spacial score (nSPS) is 18.8. The maximum atomic E-state index is 12.5. The summed E-state index contributed by atoms with van der Waals surface area (Å²) in [6, 6.07) is 23.7. The lowest BCUT2D eigenvalue weighted by molar-refractivity contribution is 0.231. The highest BCUT2D eigenvalue weighted by molar-refractivity contribution is 6.64. The number of hydrogen-bond donors (Lipinski definition) is 0. The number of benzene rings is 3. The van der Waals surface area contributed by atoms with Gasteiger partial charge in [-0.3, -0.25) is 14.7 Å². The number of halogens is 3. The summed E-state index contributed by atoms with van der Waals surface area (Å²) in [4.78, 5) is 18.9. The van der Waals surface area contributed by atoms with Crippen molar-refractivity contribution >= 4 is 46.0 Å². The highest BCUT2D eigenvalue weighted by atomic mass is 35.5. The maximum absolute atomic E-state index is 12.5. The molecule has 3 nitrogen and oxygen atoms in total. The number of carbonyl (C=O) groups excluding carboxylic acids is 1. The summed E-state index contributed by atoms with van der Waals surface area (Å²) in [5.41, 5.74) is 2.66. The van der Waals surface area contributed by atoms with Gasteiger partial charge in [-0.1, -0.05) is 77.8 Å². The molecule has 28 heavy (non-hydrogen) atoms. The van der Waals surface area contributed by atoms with Crippen LogP contribution in [0.15, 0.2) is 83.9 Å². The molecule has 2 atom stereocenters. The minimum absolute atomic E-state index is 0.323. The van der Waals surface area contributed by atoms with Crippen molar-refractivity contribution in [2.45, 2.75) is 12.1 Å². The van der Waals surface area contributed by atoms with Crippen molar-refractivity contribution < 1.29 is 4.79 Å². The Morgan fingerprint density at radius 2 is 1.32 bits per heavy atom. The van der Waals surface area contributed by atoms with Gasteiger partial charge in [0.2, 0.25) is 0 Å². The molecule has 0 N–H and O–H groups in total. The molecule has 1 amide bonds. The van der Waals surface area contributed by atoms with Crippen LogP contribution in [0.2, 0.25) is 10.0 Å². The van der Waals surface area contributed by atoms with E-state index >= 15 is 0 Å². The first-order chi connectivity index (χ1) is 13.5. The fraction of sp³-hybridized carbons (Fsp3) is 0.0909. The summed E-state index contributed by atoms with van der Waals surface area (Å²) in [5, 5.41) is 0.680. The quantitative estimate of drug-likeness (QED) is 0.329. The fourth-order valence-corrected chi connectivity index (χ4v) is 3.88. The van der Waals surface area contributed by atoms with Gasteiger partial charge in [-0.15, -0.1) is 0 Å². The number of nitrogens with zero attached hydrogens (tertiary/aromatic N) is 2. The summed E-state index contributed by atoms with van der Waals surface area (Å²) < 4.78 is 0.